The molecule has 1 heterocycles. The molecule has 0 aliphatic rings. The van der Waals surface area contributed by atoms with Gasteiger partial charge in [0.1, 0.15) is 0 Å². The van der Waals surface area contributed by atoms with Crippen LogP contribution in [0.15, 0.2) is 57.4 Å². The first kappa shape index (κ1) is 21.7. The maximum Gasteiger partial charge on any atom is 0.154 e. The van der Waals surface area contributed by atoms with Gasteiger partial charge in [0, 0.05) is 25.2 Å². The van der Waals surface area contributed by atoms with Crippen LogP contribution in [0.5, 0.6) is 0 Å². The van der Waals surface area contributed by atoms with Gasteiger partial charge < -0.3 is 0 Å². The highest BCUT2D eigenvalue weighted by Gasteiger charge is 1.94. The lowest BCUT2D eigenvalue weighted by Crippen LogP contribution is -1.88. The Morgan fingerprint density at radius 2 is 1.36 bits per heavy atom. The third-order valence-electron chi connectivity index (χ3n) is 4.39. The molecule has 1 aromatic carbocycles. The van der Waals surface area contributed by atoms with Gasteiger partial charge in [-0.2, -0.15) is 0 Å². The van der Waals surface area contributed by atoms with Crippen molar-refractivity contribution < 1.29 is 0 Å². The minimum Gasteiger partial charge on any atom is -0.293 e. The second-order valence-electron chi connectivity index (χ2n) is 6.82. The molecule has 4 nitrogen and oxygen atoms in total. The summed E-state index contributed by atoms with van der Waals surface area (Å²) in [6.07, 6.45) is 14.7. The molecule has 0 aliphatic carbocycles. The van der Waals surface area contributed by atoms with Gasteiger partial charge in [-0.3, -0.25) is 4.99 Å². The Morgan fingerprint density at radius 1 is 0.750 bits per heavy atom. The summed E-state index contributed by atoms with van der Waals surface area (Å²) in [5.41, 5.74) is 2.16. The first-order valence-corrected chi connectivity index (χ1v) is 10.4. The lowest BCUT2D eigenvalue weighted by Gasteiger charge is -1.99. The molecule has 0 N–H and O–H groups in total. The number of pyridine rings is 1. The summed E-state index contributed by atoms with van der Waals surface area (Å²) >= 11 is 0. The fraction of sp³-hybridized carbons (Fsp3) is 0.417. The van der Waals surface area contributed by atoms with Crippen LogP contribution in [0, 0.1) is 0 Å². The molecule has 0 unspecified atom stereocenters. The van der Waals surface area contributed by atoms with Crippen molar-refractivity contribution in [2.75, 3.05) is 6.54 Å². The van der Waals surface area contributed by atoms with Gasteiger partial charge in [-0.1, -0.05) is 75.8 Å². The molecule has 0 fully saturated rings. The van der Waals surface area contributed by atoms with E-state index in [1.165, 1.54) is 44.9 Å². The second-order valence-corrected chi connectivity index (χ2v) is 6.82. The lowest BCUT2D eigenvalue weighted by molar-refractivity contribution is 0.593. The smallest absolute Gasteiger partial charge is 0.154 e. The molecule has 0 atom stereocenters. The van der Waals surface area contributed by atoms with Crippen LogP contribution in [0.1, 0.15) is 69.9 Å². The van der Waals surface area contributed by atoms with Crippen molar-refractivity contribution in [3.63, 3.8) is 0 Å². The van der Waals surface area contributed by atoms with Gasteiger partial charge in [-0.15, -0.1) is 0 Å². The van der Waals surface area contributed by atoms with Crippen molar-refractivity contribution in [3.8, 4) is 0 Å². The summed E-state index contributed by atoms with van der Waals surface area (Å²) in [5, 5.41) is 0. The topological polar surface area (TPSA) is 50.0 Å². The maximum absolute atomic E-state index is 4.54. The average molecular weight is 377 g/mol. The van der Waals surface area contributed by atoms with Crippen LogP contribution in [0.4, 0.5) is 11.6 Å². The predicted molar refractivity (Wildman–Crippen MR) is 122 cm³/mol. The van der Waals surface area contributed by atoms with Crippen molar-refractivity contribution in [3.05, 3.63) is 53.6 Å². The molecule has 0 amide bonds. The van der Waals surface area contributed by atoms with Crippen LogP contribution < -0.4 is 0 Å². The number of nitrogens with zero attached hydrogens (tertiary/aromatic N) is 4. The van der Waals surface area contributed by atoms with Crippen molar-refractivity contribution >= 4 is 30.3 Å². The van der Waals surface area contributed by atoms with Gasteiger partial charge in [-0.25, -0.2) is 15.0 Å². The monoisotopic (exact) mass is 376 g/mol. The van der Waals surface area contributed by atoms with Crippen LogP contribution >= 0.6 is 0 Å². The number of benzene rings is 1. The Labute approximate surface area is 169 Å². The molecule has 0 saturated carbocycles. The first-order chi connectivity index (χ1) is 13.8. The molecule has 0 radical (unpaired) electrons. The molecule has 0 bridgehead atoms. The average Bonchev–Trinajstić information content (AvgIpc) is 2.72. The SMILES string of the molecule is C/C=N/c1cccc(/N=C/c2ccc(C=NCCCCCCCCC)cc2)n1. The number of aliphatic imine (C=N–C) groups is 3. The third kappa shape index (κ3) is 8.85. The third-order valence-corrected chi connectivity index (χ3v) is 4.39. The highest BCUT2D eigenvalue weighted by atomic mass is 15.0. The lowest BCUT2D eigenvalue weighted by atomic mass is 10.1. The highest BCUT2D eigenvalue weighted by molar-refractivity contribution is 5.85. The molecular weight excluding hydrogens is 344 g/mol. The summed E-state index contributed by atoms with van der Waals surface area (Å²) in [6, 6.07) is 13.9. The summed E-state index contributed by atoms with van der Waals surface area (Å²) < 4.78 is 0. The van der Waals surface area contributed by atoms with Crippen LogP contribution in [-0.4, -0.2) is 30.2 Å². The van der Waals surface area contributed by atoms with Gasteiger partial charge >= 0.3 is 0 Å². The summed E-state index contributed by atoms with van der Waals surface area (Å²) in [5.74, 6) is 1.33. The van der Waals surface area contributed by atoms with Gasteiger partial charge in [0.2, 0.25) is 0 Å². The summed E-state index contributed by atoms with van der Waals surface area (Å²) in [4.78, 5) is 17.5. The van der Waals surface area contributed by atoms with E-state index < -0.39 is 0 Å². The van der Waals surface area contributed by atoms with Gasteiger partial charge in [-0.05, 0) is 36.6 Å². The highest BCUT2D eigenvalue weighted by Crippen LogP contribution is 2.14. The van der Waals surface area contributed by atoms with Crippen LogP contribution in [0.3, 0.4) is 0 Å². The van der Waals surface area contributed by atoms with Crippen molar-refractivity contribution in [2.24, 2.45) is 15.0 Å². The van der Waals surface area contributed by atoms with E-state index in [1.54, 1.807) is 6.21 Å². The Hall–Kier alpha value is -2.62. The van der Waals surface area contributed by atoms with Crippen LogP contribution in [0.2, 0.25) is 0 Å². The predicted octanol–water partition coefficient (Wildman–Crippen LogP) is 6.72. The van der Waals surface area contributed by atoms with E-state index in [-0.39, 0.29) is 0 Å². The number of hydrogen-bond donors (Lipinski definition) is 0. The number of aromatic nitrogens is 1. The Kier molecular flexibility index (Phi) is 10.5. The molecule has 148 valence electrons. The molecule has 4 heteroatoms. The van der Waals surface area contributed by atoms with E-state index in [2.05, 4.69) is 39.0 Å². The van der Waals surface area contributed by atoms with Crippen LogP contribution in [0.25, 0.3) is 0 Å². The molecule has 0 saturated heterocycles. The van der Waals surface area contributed by atoms with E-state index in [1.807, 2.05) is 49.7 Å². The van der Waals surface area contributed by atoms with Crippen LogP contribution in [-0.2, 0) is 0 Å². The van der Waals surface area contributed by atoms with Gasteiger partial charge in [0.25, 0.3) is 0 Å². The maximum atomic E-state index is 4.54. The van der Waals surface area contributed by atoms with Gasteiger partial charge in [0.05, 0.1) is 0 Å². The van der Waals surface area contributed by atoms with E-state index in [4.69, 9.17) is 0 Å². The fourth-order valence-corrected chi connectivity index (χ4v) is 2.83. The molecular formula is C24H32N4. The molecule has 0 spiro atoms. The minimum atomic E-state index is 0.656. The van der Waals surface area contributed by atoms with E-state index in [0.717, 1.165) is 17.7 Å². The zero-order valence-electron chi connectivity index (χ0n) is 17.2. The Bertz CT molecular complexity index is 760. The minimum absolute atomic E-state index is 0.656. The molecule has 2 aromatic rings. The summed E-state index contributed by atoms with van der Waals surface area (Å²) in [6.45, 7) is 5.05. The largest absolute Gasteiger partial charge is 0.293 e. The van der Waals surface area contributed by atoms with E-state index in [0.29, 0.717) is 11.6 Å². The standard InChI is InChI=1S/C24H32N4/c1-3-5-6-7-8-9-10-18-25-19-21-14-16-22(17-15-21)20-27-24-13-11-12-23(28-24)26-4-2/h4,11-17,19-20H,3,5-10,18H2,1-2H3/b25-19?,26-4+,27-20+. The zero-order chi connectivity index (χ0) is 19.9. The second kappa shape index (κ2) is 13.5. The van der Waals surface area contributed by atoms with E-state index >= 15 is 0 Å². The molecule has 28 heavy (non-hydrogen) atoms. The fourth-order valence-electron chi connectivity index (χ4n) is 2.83. The Morgan fingerprint density at radius 3 is 2.04 bits per heavy atom. The van der Waals surface area contributed by atoms with Crippen molar-refractivity contribution in [1.82, 2.24) is 4.98 Å². The zero-order valence-corrected chi connectivity index (χ0v) is 17.2. The number of unbranched alkanes of at least 4 members (excludes halogenated alkanes) is 6. The summed E-state index contributed by atoms with van der Waals surface area (Å²) in [7, 11) is 0. The van der Waals surface area contributed by atoms with Crippen molar-refractivity contribution in [2.45, 2.75) is 58.8 Å². The van der Waals surface area contributed by atoms with E-state index in [9.17, 15) is 0 Å². The van der Waals surface area contributed by atoms with Crippen molar-refractivity contribution in [1.29, 1.82) is 0 Å². The number of rotatable bonds is 12. The first-order valence-electron chi connectivity index (χ1n) is 10.4. The molecule has 2 rings (SSSR count). The Balaban J connectivity index is 1.74. The quantitative estimate of drug-likeness (QED) is 0.299. The molecule has 1 aromatic heterocycles. The molecule has 0 aliphatic heterocycles. The van der Waals surface area contributed by atoms with Gasteiger partial charge in [0.15, 0.2) is 11.6 Å². The number of hydrogen-bond acceptors (Lipinski definition) is 4. The normalized spacial score (nSPS) is 11.9.